The van der Waals surface area contributed by atoms with Crippen LogP contribution in [0.25, 0.3) is 0 Å². The molecular weight excluding hydrogens is 156 g/mol. The van der Waals surface area contributed by atoms with Crippen LogP contribution in [0.2, 0.25) is 0 Å². The molecule has 0 atom stereocenters. The van der Waals surface area contributed by atoms with Crippen LogP contribution >= 0.6 is 11.8 Å². The number of rotatable bonds is 2. The van der Waals surface area contributed by atoms with Crippen LogP contribution in [0.5, 0.6) is 0 Å². The van der Waals surface area contributed by atoms with E-state index < -0.39 is 0 Å². The van der Waals surface area contributed by atoms with E-state index >= 15 is 0 Å². The van der Waals surface area contributed by atoms with Crippen LogP contribution in [0.3, 0.4) is 0 Å². The highest BCUT2D eigenvalue weighted by Crippen LogP contribution is 2.12. The zero-order valence-corrected chi connectivity index (χ0v) is 7.90. The summed E-state index contributed by atoms with van der Waals surface area (Å²) < 4.78 is 0. The molecule has 0 aliphatic carbocycles. The lowest BCUT2D eigenvalue weighted by Crippen LogP contribution is -1.92. The van der Waals surface area contributed by atoms with Crippen LogP contribution < -0.4 is 0 Å². The average Bonchev–Trinajstić information content (AvgIpc) is 1.98. The second-order valence-electron chi connectivity index (χ2n) is 2.35. The molecule has 1 rings (SSSR count). The summed E-state index contributed by atoms with van der Waals surface area (Å²) in [7, 11) is 0. The van der Waals surface area contributed by atoms with E-state index in [9.17, 15) is 0 Å². The van der Waals surface area contributed by atoms with Crippen LogP contribution in [0.4, 0.5) is 0 Å². The Morgan fingerprint density at radius 3 is 2.73 bits per heavy atom. The van der Waals surface area contributed by atoms with Gasteiger partial charge in [0.15, 0.2) is 5.16 Å². The monoisotopic (exact) mass is 168 g/mol. The van der Waals surface area contributed by atoms with Gasteiger partial charge < -0.3 is 0 Å². The Hall–Kier alpha value is -0.570. The minimum atomic E-state index is 0.885. The Balaban J connectivity index is 2.86. The lowest BCUT2D eigenvalue weighted by Gasteiger charge is -2.00. The van der Waals surface area contributed by atoms with E-state index in [0.717, 1.165) is 22.2 Å². The van der Waals surface area contributed by atoms with Crippen LogP contribution in [0.15, 0.2) is 11.4 Å². The number of nitrogens with zero attached hydrogens (tertiary/aromatic N) is 2. The van der Waals surface area contributed by atoms with Crippen molar-refractivity contribution >= 4 is 11.8 Å². The van der Waals surface area contributed by atoms with Crippen LogP contribution in [0.1, 0.15) is 18.2 Å². The van der Waals surface area contributed by atoms with Crippen molar-refractivity contribution in [3.8, 4) is 0 Å². The maximum atomic E-state index is 4.31. The summed E-state index contributed by atoms with van der Waals surface area (Å²) in [6.45, 7) is 6.13. The standard InChI is InChI=1S/C8H12N2S/c1-4-11-8-9-5-6(2)7(3)10-8/h5H,4H2,1-3H3. The fraction of sp³-hybridized carbons (Fsp3) is 0.500. The highest BCUT2D eigenvalue weighted by Gasteiger charge is 1.97. The van der Waals surface area contributed by atoms with Gasteiger partial charge in [0.2, 0.25) is 0 Å². The molecule has 11 heavy (non-hydrogen) atoms. The van der Waals surface area contributed by atoms with Crippen molar-refractivity contribution in [3.05, 3.63) is 17.5 Å². The van der Waals surface area contributed by atoms with E-state index in [1.165, 1.54) is 0 Å². The van der Waals surface area contributed by atoms with E-state index in [0.29, 0.717) is 0 Å². The van der Waals surface area contributed by atoms with Gasteiger partial charge in [0.05, 0.1) is 0 Å². The van der Waals surface area contributed by atoms with Crippen molar-refractivity contribution in [1.29, 1.82) is 0 Å². The summed E-state index contributed by atoms with van der Waals surface area (Å²) in [5.41, 5.74) is 2.24. The molecule has 0 amide bonds. The maximum Gasteiger partial charge on any atom is 0.187 e. The van der Waals surface area contributed by atoms with E-state index in [1.807, 2.05) is 20.0 Å². The largest absolute Gasteiger partial charge is 0.231 e. The third-order valence-electron chi connectivity index (χ3n) is 1.48. The molecule has 3 heteroatoms. The summed E-state index contributed by atoms with van der Waals surface area (Å²) >= 11 is 1.68. The normalized spacial score (nSPS) is 10.1. The van der Waals surface area contributed by atoms with Gasteiger partial charge in [0.1, 0.15) is 0 Å². The van der Waals surface area contributed by atoms with Crippen molar-refractivity contribution in [2.45, 2.75) is 25.9 Å². The second-order valence-corrected chi connectivity index (χ2v) is 3.59. The summed E-state index contributed by atoms with van der Waals surface area (Å²) in [4.78, 5) is 8.50. The molecule has 1 aromatic heterocycles. The van der Waals surface area contributed by atoms with Gasteiger partial charge in [-0.1, -0.05) is 18.7 Å². The molecule has 0 N–H and O–H groups in total. The first-order chi connectivity index (χ1) is 5.24. The van der Waals surface area contributed by atoms with Gasteiger partial charge in [-0.25, -0.2) is 9.97 Å². The van der Waals surface area contributed by atoms with E-state index in [4.69, 9.17) is 0 Å². The quantitative estimate of drug-likeness (QED) is 0.500. The molecule has 0 saturated heterocycles. The Morgan fingerprint density at radius 1 is 1.45 bits per heavy atom. The number of aromatic nitrogens is 2. The number of thioether (sulfide) groups is 1. The summed E-state index contributed by atoms with van der Waals surface area (Å²) in [6, 6.07) is 0. The van der Waals surface area contributed by atoms with Crippen LogP contribution in [-0.4, -0.2) is 15.7 Å². The van der Waals surface area contributed by atoms with Gasteiger partial charge in [-0.3, -0.25) is 0 Å². The summed E-state index contributed by atoms with van der Waals surface area (Å²) in [6.07, 6.45) is 1.88. The maximum absolute atomic E-state index is 4.31. The van der Waals surface area contributed by atoms with E-state index in [2.05, 4.69) is 16.9 Å². The lowest BCUT2D eigenvalue weighted by atomic mass is 10.3. The minimum Gasteiger partial charge on any atom is -0.231 e. The predicted molar refractivity (Wildman–Crippen MR) is 47.9 cm³/mol. The topological polar surface area (TPSA) is 25.8 Å². The molecule has 1 heterocycles. The van der Waals surface area contributed by atoms with Crippen molar-refractivity contribution in [3.63, 3.8) is 0 Å². The first kappa shape index (κ1) is 8.53. The molecule has 0 unspecified atom stereocenters. The highest BCUT2D eigenvalue weighted by atomic mass is 32.2. The van der Waals surface area contributed by atoms with Gasteiger partial charge in [-0.05, 0) is 25.2 Å². The first-order valence-corrected chi connectivity index (χ1v) is 4.65. The summed E-state index contributed by atoms with van der Waals surface area (Å²) in [5.74, 6) is 1.03. The third kappa shape index (κ3) is 2.19. The molecule has 0 saturated carbocycles. The Bertz CT molecular complexity index is 248. The molecular formula is C8H12N2S. The predicted octanol–water partition coefficient (Wildman–Crippen LogP) is 2.21. The molecule has 0 radical (unpaired) electrons. The SMILES string of the molecule is CCSc1ncc(C)c(C)n1. The Kier molecular flexibility index (Phi) is 2.88. The number of hydrogen-bond acceptors (Lipinski definition) is 3. The Morgan fingerprint density at radius 2 is 2.18 bits per heavy atom. The molecule has 0 bridgehead atoms. The zero-order valence-electron chi connectivity index (χ0n) is 7.09. The third-order valence-corrected chi connectivity index (χ3v) is 2.22. The molecule has 0 aliphatic heterocycles. The van der Waals surface area contributed by atoms with Gasteiger partial charge in [-0.2, -0.15) is 0 Å². The molecule has 60 valence electrons. The number of aryl methyl sites for hydroxylation is 2. The van der Waals surface area contributed by atoms with Gasteiger partial charge in [-0.15, -0.1) is 0 Å². The molecule has 0 fully saturated rings. The fourth-order valence-electron chi connectivity index (χ4n) is 0.705. The molecule has 0 spiro atoms. The van der Waals surface area contributed by atoms with Crippen LogP contribution in [0, 0.1) is 13.8 Å². The van der Waals surface area contributed by atoms with Crippen molar-refractivity contribution in [2.75, 3.05) is 5.75 Å². The van der Waals surface area contributed by atoms with Crippen LogP contribution in [-0.2, 0) is 0 Å². The molecule has 0 aromatic carbocycles. The van der Waals surface area contributed by atoms with Gasteiger partial charge in [0, 0.05) is 11.9 Å². The van der Waals surface area contributed by atoms with E-state index in [-0.39, 0.29) is 0 Å². The average molecular weight is 168 g/mol. The number of hydrogen-bond donors (Lipinski definition) is 0. The van der Waals surface area contributed by atoms with E-state index in [1.54, 1.807) is 11.8 Å². The van der Waals surface area contributed by atoms with Gasteiger partial charge in [0.25, 0.3) is 0 Å². The lowest BCUT2D eigenvalue weighted by molar-refractivity contribution is 0.913. The van der Waals surface area contributed by atoms with Gasteiger partial charge >= 0.3 is 0 Å². The van der Waals surface area contributed by atoms with Crippen molar-refractivity contribution < 1.29 is 0 Å². The van der Waals surface area contributed by atoms with Crippen molar-refractivity contribution in [1.82, 2.24) is 9.97 Å². The molecule has 2 nitrogen and oxygen atoms in total. The summed E-state index contributed by atoms with van der Waals surface area (Å²) in [5, 5.41) is 0.885. The molecule has 0 aliphatic rings. The molecule has 1 aromatic rings. The fourth-order valence-corrected chi connectivity index (χ4v) is 1.29. The smallest absolute Gasteiger partial charge is 0.187 e. The van der Waals surface area contributed by atoms with Crippen molar-refractivity contribution in [2.24, 2.45) is 0 Å². The second kappa shape index (κ2) is 3.72. The minimum absolute atomic E-state index is 0.885. The first-order valence-electron chi connectivity index (χ1n) is 3.67. The zero-order chi connectivity index (χ0) is 8.27. The highest BCUT2D eigenvalue weighted by molar-refractivity contribution is 7.99. The Labute approximate surface area is 71.5 Å².